The van der Waals surface area contributed by atoms with Crippen LogP contribution in [-0.4, -0.2) is 15.9 Å². The highest BCUT2D eigenvalue weighted by Gasteiger charge is 2.17. The Morgan fingerprint density at radius 2 is 1.93 bits per heavy atom. The van der Waals surface area contributed by atoms with Crippen LogP contribution in [0.2, 0.25) is 5.02 Å². The van der Waals surface area contributed by atoms with Crippen LogP contribution in [0.3, 0.4) is 0 Å². The van der Waals surface area contributed by atoms with Crippen molar-refractivity contribution in [3.8, 4) is 10.6 Å². The zero-order valence-electron chi connectivity index (χ0n) is 15.3. The molecule has 29 heavy (non-hydrogen) atoms. The predicted octanol–water partition coefficient (Wildman–Crippen LogP) is 6.79. The number of fused-ring (bicyclic) bond motifs is 2. The van der Waals surface area contributed by atoms with Crippen molar-refractivity contribution in [2.45, 2.75) is 6.92 Å². The van der Waals surface area contributed by atoms with Crippen LogP contribution in [0.5, 0.6) is 0 Å². The number of carbonyl (C=O) groups excluding carboxylic acids is 1. The SMILES string of the molecule is Cc1c(Cl)ccc2sc(NC(=O)c3cc(-c4cccs4)nc4ccccc34)nc12. The number of anilines is 1. The summed E-state index contributed by atoms with van der Waals surface area (Å²) in [7, 11) is 0. The highest BCUT2D eigenvalue weighted by Crippen LogP contribution is 2.33. The Bertz CT molecular complexity index is 1380. The topological polar surface area (TPSA) is 54.9 Å². The summed E-state index contributed by atoms with van der Waals surface area (Å²) in [5.41, 5.74) is 3.88. The first kappa shape index (κ1) is 18.2. The fourth-order valence-electron chi connectivity index (χ4n) is 3.23. The number of rotatable bonds is 3. The average Bonchev–Trinajstić information content (AvgIpc) is 3.40. The smallest absolute Gasteiger partial charge is 0.258 e. The summed E-state index contributed by atoms with van der Waals surface area (Å²) in [6, 6.07) is 17.3. The average molecular weight is 436 g/mol. The maximum Gasteiger partial charge on any atom is 0.258 e. The second kappa shape index (κ2) is 7.22. The summed E-state index contributed by atoms with van der Waals surface area (Å²) in [6.45, 7) is 1.93. The van der Waals surface area contributed by atoms with Crippen molar-refractivity contribution in [2.24, 2.45) is 0 Å². The van der Waals surface area contributed by atoms with E-state index in [1.54, 1.807) is 11.3 Å². The number of hydrogen-bond acceptors (Lipinski definition) is 5. The van der Waals surface area contributed by atoms with Gasteiger partial charge in [0.25, 0.3) is 5.91 Å². The van der Waals surface area contributed by atoms with Gasteiger partial charge in [0.1, 0.15) is 0 Å². The lowest BCUT2D eigenvalue weighted by molar-refractivity contribution is 0.102. The van der Waals surface area contributed by atoms with Crippen LogP contribution in [0.15, 0.2) is 60.0 Å². The number of carbonyl (C=O) groups is 1. The van der Waals surface area contributed by atoms with E-state index in [1.807, 2.05) is 66.9 Å². The van der Waals surface area contributed by atoms with Crippen LogP contribution in [0.4, 0.5) is 5.13 Å². The van der Waals surface area contributed by atoms with Gasteiger partial charge in [-0.15, -0.1) is 11.3 Å². The molecule has 3 heterocycles. The maximum absolute atomic E-state index is 13.2. The van der Waals surface area contributed by atoms with Crippen LogP contribution in [0, 0.1) is 6.92 Å². The minimum absolute atomic E-state index is 0.204. The number of nitrogens with one attached hydrogen (secondary N) is 1. The fourth-order valence-corrected chi connectivity index (χ4v) is 4.99. The predicted molar refractivity (Wildman–Crippen MR) is 122 cm³/mol. The van der Waals surface area contributed by atoms with Gasteiger partial charge < -0.3 is 0 Å². The van der Waals surface area contributed by atoms with Crippen molar-refractivity contribution >= 4 is 66.4 Å². The van der Waals surface area contributed by atoms with Gasteiger partial charge in [0.15, 0.2) is 5.13 Å². The molecule has 2 aromatic carbocycles. The van der Waals surface area contributed by atoms with E-state index in [2.05, 4.69) is 10.3 Å². The van der Waals surface area contributed by atoms with Gasteiger partial charge >= 0.3 is 0 Å². The lowest BCUT2D eigenvalue weighted by Gasteiger charge is -2.08. The van der Waals surface area contributed by atoms with Crippen molar-refractivity contribution < 1.29 is 4.79 Å². The molecule has 7 heteroatoms. The molecule has 0 radical (unpaired) electrons. The number of aryl methyl sites for hydroxylation is 1. The lowest BCUT2D eigenvalue weighted by Crippen LogP contribution is -2.12. The Labute approximate surface area is 179 Å². The lowest BCUT2D eigenvalue weighted by atomic mass is 10.1. The molecule has 1 N–H and O–H groups in total. The van der Waals surface area contributed by atoms with Gasteiger partial charge in [0.2, 0.25) is 0 Å². The van der Waals surface area contributed by atoms with Gasteiger partial charge in [-0.3, -0.25) is 10.1 Å². The highest BCUT2D eigenvalue weighted by molar-refractivity contribution is 7.22. The third-order valence-electron chi connectivity index (χ3n) is 4.70. The monoisotopic (exact) mass is 435 g/mol. The number of pyridine rings is 1. The molecule has 0 spiro atoms. The molecule has 3 aromatic heterocycles. The number of nitrogens with zero attached hydrogens (tertiary/aromatic N) is 2. The quantitative estimate of drug-likeness (QED) is 0.339. The molecule has 0 atom stereocenters. The normalized spacial score (nSPS) is 11.2. The number of hydrogen-bond donors (Lipinski definition) is 1. The summed E-state index contributed by atoms with van der Waals surface area (Å²) >= 11 is 9.23. The molecule has 0 bridgehead atoms. The van der Waals surface area contributed by atoms with Crippen LogP contribution in [0.25, 0.3) is 31.7 Å². The molecule has 0 aliphatic carbocycles. The van der Waals surface area contributed by atoms with E-state index in [0.717, 1.165) is 37.3 Å². The molecule has 1 amide bonds. The highest BCUT2D eigenvalue weighted by atomic mass is 35.5. The summed E-state index contributed by atoms with van der Waals surface area (Å²) in [6.07, 6.45) is 0. The maximum atomic E-state index is 13.2. The third kappa shape index (κ3) is 3.29. The van der Waals surface area contributed by atoms with Crippen LogP contribution in [0.1, 0.15) is 15.9 Å². The van der Waals surface area contributed by atoms with Crippen molar-refractivity contribution in [1.82, 2.24) is 9.97 Å². The molecule has 0 unspecified atom stereocenters. The second-order valence-electron chi connectivity index (χ2n) is 6.54. The molecular formula is C22H14ClN3OS2. The molecule has 142 valence electrons. The Hall–Kier alpha value is -2.80. The van der Waals surface area contributed by atoms with Crippen LogP contribution >= 0.6 is 34.3 Å². The molecular weight excluding hydrogens is 422 g/mol. The zero-order chi connectivity index (χ0) is 20.0. The Balaban J connectivity index is 1.58. The number of amides is 1. The Morgan fingerprint density at radius 3 is 2.76 bits per heavy atom. The molecule has 4 nitrogen and oxygen atoms in total. The van der Waals surface area contributed by atoms with E-state index in [4.69, 9.17) is 16.6 Å². The van der Waals surface area contributed by atoms with Gasteiger partial charge in [-0.1, -0.05) is 47.2 Å². The van der Waals surface area contributed by atoms with Crippen LogP contribution < -0.4 is 5.32 Å². The number of aromatic nitrogens is 2. The molecule has 0 fully saturated rings. The van der Waals surface area contributed by atoms with Crippen molar-refractivity contribution in [2.75, 3.05) is 5.32 Å². The van der Waals surface area contributed by atoms with Crippen molar-refractivity contribution in [3.05, 3.63) is 76.1 Å². The van der Waals surface area contributed by atoms with Gasteiger partial charge in [0.05, 0.1) is 31.9 Å². The fraction of sp³-hybridized carbons (Fsp3) is 0.0455. The van der Waals surface area contributed by atoms with E-state index in [-0.39, 0.29) is 5.91 Å². The van der Waals surface area contributed by atoms with E-state index in [1.165, 1.54) is 11.3 Å². The third-order valence-corrected chi connectivity index (χ3v) is 6.94. The number of para-hydroxylation sites is 1. The molecule has 5 rings (SSSR count). The van der Waals surface area contributed by atoms with Crippen LogP contribution in [-0.2, 0) is 0 Å². The Morgan fingerprint density at radius 1 is 1.07 bits per heavy atom. The van der Waals surface area contributed by atoms with E-state index in [0.29, 0.717) is 15.7 Å². The molecule has 0 saturated carbocycles. The van der Waals surface area contributed by atoms with Gasteiger partial charge in [-0.25, -0.2) is 9.97 Å². The minimum Gasteiger partial charge on any atom is -0.298 e. The first-order chi connectivity index (χ1) is 14.1. The first-order valence-electron chi connectivity index (χ1n) is 8.91. The number of thiophene rings is 1. The minimum atomic E-state index is -0.204. The van der Waals surface area contributed by atoms with Crippen molar-refractivity contribution in [1.29, 1.82) is 0 Å². The number of benzene rings is 2. The van der Waals surface area contributed by atoms with Gasteiger partial charge in [-0.05, 0) is 48.2 Å². The largest absolute Gasteiger partial charge is 0.298 e. The standard InChI is InChI=1S/C22H14ClN3OS2/c1-12-15(23)8-9-19-20(12)25-22(29-19)26-21(27)14-11-17(18-7-4-10-28-18)24-16-6-3-2-5-13(14)16/h2-11H,1H3,(H,25,26,27). The first-order valence-corrected chi connectivity index (χ1v) is 11.0. The van der Waals surface area contributed by atoms with E-state index in [9.17, 15) is 4.79 Å². The molecule has 0 aliphatic rings. The number of thiazole rings is 1. The second-order valence-corrected chi connectivity index (χ2v) is 8.93. The van der Waals surface area contributed by atoms with Crippen molar-refractivity contribution in [3.63, 3.8) is 0 Å². The summed E-state index contributed by atoms with van der Waals surface area (Å²) in [5.74, 6) is -0.204. The summed E-state index contributed by atoms with van der Waals surface area (Å²) in [5, 5.41) is 6.99. The van der Waals surface area contributed by atoms with E-state index < -0.39 is 0 Å². The van der Waals surface area contributed by atoms with E-state index >= 15 is 0 Å². The molecule has 5 aromatic rings. The molecule has 0 saturated heterocycles. The molecule has 0 aliphatic heterocycles. The van der Waals surface area contributed by atoms with Gasteiger partial charge in [0, 0.05) is 10.4 Å². The zero-order valence-corrected chi connectivity index (χ0v) is 17.7. The summed E-state index contributed by atoms with van der Waals surface area (Å²) < 4.78 is 0.987. The van der Waals surface area contributed by atoms with Gasteiger partial charge in [-0.2, -0.15) is 0 Å². The Kier molecular flexibility index (Phi) is 4.54. The summed E-state index contributed by atoms with van der Waals surface area (Å²) in [4.78, 5) is 23.5. The number of halogens is 1.